The summed E-state index contributed by atoms with van der Waals surface area (Å²) < 4.78 is 2.09. The maximum atomic E-state index is 4.39. The molecule has 0 aromatic carbocycles. The van der Waals surface area contributed by atoms with E-state index in [1.165, 1.54) is 6.42 Å². The van der Waals surface area contributed by atoms with E-state index in [4.69, 9.17) is 0 Å². The van der Waals surface area contributed by atoms with Crippen LogP contribution in [-0.2, 0) is 7.05 Å². The summed E-state index contributed by atoms with van der Waals surface area (Å²) in [5.41, 5.74) is 0.882. The first-order chi connectivity index (χ1) is 7.29. The van der Waals surface area contributed by atoms with Crippen LogP contribution in [0.2, 0.25) is 0 Å². The number of aromatic nitrogens is 2. The predicted octanol–water partition coefficient (Wildman–Crippen LogP) is 2.68. The first-order valence-corrected chi connectivity index (χ1v) is 6.01. The van der Waals surface area contributed by atoms with Gasteiger partial charge in [0, 0.05) is 37.9 Å². The molecule has 0 N–H and O–H groups in total. The molecule has 0 bridgehead atoms. The van der Waals surface area contributed by atoms with E-state index in [2.05, 4.69) is 49.2 Å². The molecule has 3 heteroatoms. The minimum Gasteiger partial charge on any atom is -0.341 e. The summed E-state index contributed by atoms with van der Waals surface area (Å²) in [6, 6.07) is 0. The van der Waals surface area contributed by atoms with Gasteiger partial charge in [-0.05, 0) is 11.8 Å². The molecule has 1 saturated heterocycles. The summed E-state index contributed by atoms with van der Waals surface area (Å²) in [6.07, 6.45) is 5.16. The average molecular weight is 221 g/mol. The third kappa shape index (κ3) is 2.23. The molecule has 90 valence electrons. The summed E-state index contributed by atoms with van der Waals surface area (Å²) >= 11 is 0. The van der Waals surface area contributed by atoms with Crippen molar-refractivity contribution < 1.29 is 0 Å². The minimum absolute atomic E-state index is 0.419. The van der Waals surface area contributed by atoms with Gasteiger partial charge in [0.05, 0.1) is 0 Å². The van der Waals surface area contributed by atoms with Crippen LogP contribution in [0.15, 0.2) is 12.4 Å². The van der Waals surface area contributed by atoms with Gasteiger partial charge in [-0.1, -0.05) is 27.7 Å². The van der Waals surface area contributed by atoms with Gasteiger partial charge in [0.15, 0.2) is 0 Å². The number of anilines is 1. The second-order valence-electron chi connectivity index (χ2n) is 6.74. The monoisotopic (exact) mass is 221 g/mol. The van der Waals surface area contributed by atoms with Crippen molar-refractivity contribution in [3.63, 3.8) is 0 Å². The molecule has 0 amide bonds. The Kier molecular flexibility index (Phi) is 2.52. The van der Waals surface area contributed by atoms with Gasteiger partial charge in [-0.3, -0.25) is 0 Å². The van der Waals surface area contributed by atoms with Crippen LogP contribution in [0.3, 0.4) is 0 Å². The molecule has 1 aliphatic rings. The maximum Gasteiger partial charge on any atom is 0.205 e. The predicted molar refractivity (Wildman–Crippen MR) is 67.6 cm³/mol. The van der Waals surface area contributed by atoms with Crippen LogP contribution in [0, 0.1) is 10.8 Å². The number of imidazole rings is 1. The molecule has 0 spiro atoms. The van der Waals surface area contributed by atoms with Crippen molar-refractivity contribution in [2.75, 3.05) is 18.0 Å². The van der Waals surface area contributed by atoms with Crippen molar-refractivity contribution in [2.45, 2.75) is 34.1 Å². The Morgan fingerprint density at radius 2 is 2.00 bits per heavy atom. The van der Waals surface area contributed by atoms with Crippen molar-refractivity contribution in [3.05, 3.63) is 12.4 Å². The standard InChI is InChI=1S/C13H23N3/c1-12(2,3)8-13(4)9-16(10-13)11-14-6-7-15(11)5/h6-7H,8-10H2,1-5H3. The van der Waals surface area contributed by atoms with Crippen LogP contribution in [-0.4, -0.2) is 22.6 Å². The first kappa shape index (κ1) is 11.5. The van der Waals surface area contributed by atoms with Crippen molar-refractivity contribution in [3.8, 4) is 0 Å². The lowest BCUT2D eigenvalue weighted by atomic mass is 9.70. The highest BCUT2D eigenvalue weighted by Gasteiger charge is 2.42. The highest BCUT2D eigenvalue weighted by Crippen LogP contribution is 2.41. The van der Waals surface area contributed by atoms with Crippen LogP contribution in [0.1, 0.15) is 34.1 Å². The third-order valence-corrected chi connectivity index (χ3v) is 3.18. The zero-order valence-corrected chi connectivity index (χ0v) is 11.1. The molecule has 16 heavy (non-hydrogen) atoms. The molecule has 2 heterocycles. The fourth-order valence-corrected chi connectivity index (χ4v) is 3.07. The van der Waals surface area contributed by atoms with Gasteiger partial charge in [-0.25, -0.2) is 4.98 Å². The van der Waals surface area contributed by atoms with Gasteiger partial charge < -0.3 is 9.47 Å². The van der Waals surface area contributed by atoms with E-state index in [9.17, 15) is 0 Å². The summed E-state index contributed by atoms with van der Waals surface area (Å²) in [5, 5.41) is 0. The lowest BCUT2D eigenvalue weighted by Gasteiger charge is -2.51. The molecule has 0 unspecified atom stereocenters. The van der Waals surface area contributed by atoms with Crippen LogP contribution in [0.25, 0.3) is 0 Å². The van der Waals surface area contributed by atoms with Crippen LogP contribution in [0.4, 0.5) is 5.95 Å². The van der Waals surface area contributed by atoms with Crippen molar-refractivity contribution >= 4 is 5.95 Å². The normalized spacial score (nSPS) is 19.7. The molecule has 0 atom stereocenters. The summed E-state index contributed by atoms with van der Waals surface area (Å²) in [6.45, 7) is 11.6. The third-order valence-electron chi connectivity index (χ3n) is 3.18. The smallest absolute Gasteiger partial charge is 0.205 e. The molecule has 1 aromatic heterocycles. The molecule has 1 fully saturated rings. The molecule has 0 radical (unpaired) electrons. The number of aryl methyl sites for hydroxylation is 1. The molecule has 1 aliphatic heterocycles. The highest BCUT2D eigenvalue weighted by atomic mass is 15.3. The Morgan fingerprint density at radius 1 is 1.38 bits per heavy atom. The van der Waals surface area contributed by atoms with Crippen molar-refractivity contribution in [1.82, 2.24) is 9.55 Å². The van der Waals surface area contributed by atoms with Crippen LogP contribution in [0.5, 0.6) is 0 Å². The van der Waals surface area contributed by atoms with Crippen LogP contribution >= 0.6 is 0 Å². The van der Waals surface area contributed by atoms with E-state index in [1.54, 1.807) is 0 Å². The number of hydrogen-bond acceptors (Lipinski definition) is 2. The van der Waals surface area contributed by atoms with E-state index < -0.39 is 0 Å². The lowest BCUT2D eigenvalue weighted by Crippen LogP contribution is -2.56. The second-order valence-corrected chi connectivity index (χ2v) is 6.74. The van der Waals surface area contributed by atoms with Gasteiger partial charge in [0.25, 0.3) is 0 Å². The topological polar surface area (TPSA) is 21.1 Å². The van der Waals surface area contributed by atoms with E-state index in [0.29, 0.717) is 10.8 Å². The van der Waals surface area contributed by atoms with Gasteiger partial charge in [-0.2, -0.15) is 0 Å². The zero-order chi connectivity index (χ0) is 12.0. The van der Waals surface area contributed by atoms with Gasteiger partial charge in [-0.15, -0.1) is 0 Å². The van der Waals surface area contributed by atoms with Crippen LogP contribution < -0.4 is 4.90 Å². The van der Waals surface area contributed by atoms with Gasteiger partial charge in [0.1, 0.15) is 0 Å². The molecule has 1 aromatic rings. The number of hydrogen-bond donors (Lipinski definition) is 0. The van der Waals surface area contributed by atoms with E-state index in [0.717, 1.165) is 19.0 Å². The molecule has 3 nitrogen and oxygen atoms in total. The van der Waals surface area contributed by atoms with Crippen molar-refractivity contribution in [2.24, 2.45) is 17.9 Å². The molecule has 2 rings (SSSR count). The molecule has 0 aliphatic carbocycles. The first-order valence-electron chi connectivity index (χ1n) is 6.01. The molecule has 0 saturated carbocycles. The quantitative estimate of drug-likeness (QED) is 0.765. The Hall–Kier alpha value is -0.990. The van der Waals surface area contributed by atoms with E-state index >= 15 is 0 Å². The highest BCUT2D eigenvalue weighted by molar-refractivity contribution is 5.37. The summed E-state index contributed by atoms with van der Waals surface area (Å²) in [7, 11) is 2.06. The fourth-order valence-electron chi connectivity index (χ4n) is 3.07. The number of nitrogens with zero attached hydrogens (tertiary/aromatic N) is 3. The Bertz CT molecular complexity index is 367. The second kappa shape index (κ2) is 3.51. The maximum absolute atomic E-state index is 4.39. The largest absolute Gasteiger partial charge is 0.341 e. The van der Waals surface area contributed by atoms with Gasteiger partial charge in [0.2, 0.25) is 5.95 Å². The zero-order valence-electron chi connectivity index (χ0n) is 11.1. The fraction of sp³-hybridized carbons (Fsp3) is 0.769. The Labute approximate surface area is 98.5 Å². The average Bonchev–Trinajstić information content (AvgIpc) is 2.43. The summed E-state index contributed by atoms with van der Waals surface area (Å²) in [4.78, 5) is 6.76. The molecular weight excluding hydrogens is 198 g/mol. The van der Waals surface area contributed by atoms with E-state index in [-0.39, 0.29) is 0 Å². The lowest BCUT2D eigenvalue weighted by molar-refractivity contribution is 0.146. The number of rotatable bonds is 2. The Morgan fingerprint density at radius 3 is 2.44 bits per heavy atom. The van der Waals surface area contributed by atoms with E-state index in [1.807, 2.05) is 12.4 Å². The Balaban J connectivity index is 1.97. The molecular formula is C13H23N3. The van der Waals surface area contributed by atoms with Crippen molar-refractivity contribution in [1.29, 1.82) is 0 Å². The van der Waals surface area contributed by atoms with Gasteiger partial charge >= 0.3 is 0 Å². The minimum atomic E-state index is 0.419. The SMILES string of the molecule is Cn1ccnc1N1CC(C)(CC(C)(C)C)C1. The summed E-state index contributed by atoms with van der Waals surface area (Å²) in [5.74, 6) is 1.10.